The van der Waals surface area contributed by atoms with Gasteiger partial charge in [0, 0.05) is 11.6 Å². The Morgan fingerprint density at radius 3 is 1.82 bits per heavy atom. The summed E-state index contributed by atoms with van der Waals surface area (Å²) in [5.41, 5.74) is 3.28. The second kappa shape index (κ2) is 14.3. The van der Waals surface area contributed by atoms with Crippen molar-refractivity contribution in [2.75, 3.05) is 13.2 Å². The highest BCUT2D eigenvalue weighted by molar-refractivity contribution is 5.83. The summed E-state index contributed by atoms with van der Waals surface area (Å²) in [6.07, 6.45) is 0. The molecule has 5 aromatic carbocycles. The molecule has 0 amide bonds. The molecule has 226 valence electrons. The molecule has 0 bridgehead atoms. The average molecular weight is 601 g/mol. The van der Waals surface area contributed by atoms with Crippen molar-refractivity contribution in [3.8, 4) is 34.3 Å². The first-order valence-electron chi connectivity index (χ1n) is 14.7. The average Bonchev–Trinajstić information content (AvgIpc) is 3.09. The van der Waals surface area contributed by atoms with Gasteiger partial charge in [0.25, 0.3) is 0 Å². The fraction of sp³-hybridized carbons (Fsp3) is 0.132. The fourth-order valence-corrected chi connectivity index (χ4v) is 4.78. The van der Waals surface area contributed by atoms with Crippen LogP contribution in [0.5, 0.6) is 23.0 Å². The number of hydrogen-bond acceptors (Lipinski definition) is 7. The van der Waals surface area contributed by atoms with E-state index in [1.54, 1.807) is 36.4 Å². The molecule has 0 unspecified atom stereocenters. The predicted molar refractivity (Wildman–Crippen MR) is 173 cm³/mol. The lowest BCUT2D eigenvalue weighted by Gasteiger charge is -2.15. The minimum Gasteiger partial charge on any atom is -0.502 e. The summed E-state index contributed by atoms with van der Waals surface area (Å²) >= 11 is 0. The van der Waals surface area contributed by atoms with Gasteiger partial charge in [-0.1, -0.05) is 91.0 Å². The van der Waals surface area contributed by atoms with E-state index in [4.69, 9.17) is 23.4 Å². The summed E-state index contributed by atoms with van der Waals surface area (Å²) in [5.74, 6) is 1.02. The van der Waals surface area contributed by atoms with Crippen LogP contribution in [-0.4, -0.2) is 18.3 Å². The Balaban J connectivity index is 1.23. The van der Waals surface area contributed by atoms with E-state index < -0.39 is 11.2 Å². The predicted octanol–water partition coefficient (Wildman–Crippen LogP) is 7.92. The van der Waals surface area contributed by atoms with E-state index in [0.29, 0.717) is 55.8 Å². The Hall–Kier alpha value is -5.53. The van der Waals surface area contributed by atoms with Gasteiger partial charge in [-0.2, -0.15) is 0 Å². The topological polar surface area (TPSA) is 87.4 Å². The Labute approximate surface area is 260 Å². The van der Waals surface area contributed by atoms with Crippen LogP contribution in [0, 0.1) is 0 Å². The van der Waals surface area contributed by atoms with Gasteiger partial charge >= 0.3 is 0 Å². The molecule has 0 aliphatic carbocycles. The molecule has 0 saturated heterocycles. The SMILES string of the molecule is O=c1c(O)c(-c2ccc(OCc3ccccc3)c(OCc3ccccc3)c2)oc2cc(OCCOCc3ccccc3)ccc12. The van der Waals surface area contributed by atoms with E-state index in [1.165, 1.54) is 0 Å². The Morgan fingerprint density at radius 2 is 1.18 bits per heavy atom. The lowest BCUT2D eigenvalue weighted by Crippen LogP contribution is -2.07. The summed E-state index contributed by atoms with van der Waals surface area (Å²) in [7, 11) is 0. The van der Waals surface area contributed by atoms with E-state index in [0.717, 1.165) is 16.7 Å². The molecular weight excluding hydrogens is 568 g/mol. The third kappa shape index (κ3) is 7.52. The second-order valence-electron chi connectivity index (χ2n) is 10.4. The van der Waals surface area contributed by atoms with Crippen LogP contribution in [0.15, 0.2) is 137 Å². The fourth-order valence-electron chi connectivity index (χ4n) is 4.78. The van der Waals surface area contributed by atoms with Crippen molar-refractivity contribution >= 4 is 11.0 Å². The molecule has 1 aromatic heterocycles. The summed E-state index contributed by atoms with van der Waals surface area (Å²) in [6, 6.07) is 39.6. The molecule has 7 heteroatoms. The molecule has 0 fully saturated rings. The number of fused-ring (bicyclic) bond motifs is 1. The van der Waals surface area contributed by atoms with E-state index in [2.05, 4.69) is 0 Å². The molecule has 0 saturated carbocycles. The van der Waals surface area contributed by atoms with Crippen LogP contribution in [0.4, 0.5) is 0 Å². The molecule has 0 radical (unpaired) electrons. The highest BCUT2D eigenvalue weighted by Crippen LogP contribution is 2.37. The van der Waals surface area contributed by atoms with E-state index in [1.807, 2.05) is 91.0 Å². The standard InChI is InChI=1S/C38H32O7/c39-36-32-18-17-31(42-21-20-41-24-27-10-4-1-5-11-27)23-34(32)45-38(37(36)40)30-16-19-33(43-25-28-12-6-2-7-13-28)35(22-30)44-26-29-14-8-3-9-15-29/h1-19,22-23,40H,20-21,24-26H2. The highest BCUT2D eigenvalue weighted by atomic mass is 16.5. The Kier molecular flexibility index (Phi) is 9.38. The van der Waals surface area contributed by atoms with Crippen molar-refractivity contribution in [3.63, 3.8) is 0 Å². The van der Waals surface area contributed by atoms with Crippen molar-refractivity contribution in [2.45, 2.75) is 19.8 Å². The molecule has 1 heterocycles. The van der Waals surface area contributed by atoms with Gasteiger partial charge in [0.05, 0.1) is 18.6 Å². The van der Waals surface area contributed by atoms with Crippen LogP contribution in [-0.2, 0) is 24.6 Å². The maximum Gasteiger partial charge on any atom is 0.235 e. The van der Waals surface area contributed by atoms with Crippen LogP contribution in [0.2, 0.25) is 0 Å². The normalized spacial score (nSPS) is 10.9. The first kappa shape index (κ1) is 29.5. The molecule has 0 spiro atoms. The minimum absolute atomic E-state index is 0.0232. The van der Waals surface area contributed by atoms with Crippen molar-refractivity contribution in [3.05, 3.63) is 154 Å². The van der Waals surface area contributed by atoms with Gasteiger partial charge < -0.3 is 28.5 Å². The van der Waals surface area contributed by atoms with E-state index in [9.17, 15) is 9.90 Å². The smallest absolute Gasteiger partial charge is 0.235 e. The lowest BCUT2D eigenvalue weighted by atomic mass is 10.1. The highest BCUT2D eigenvalue weighted by Gasteiger charge is 2.18. The number of benzene rings is 5. The van der Waals surface area contributed by atoms with Crippen LogP contribution in [0.25, 0.3) is 22.3 Å². The van der Waals surface area contributed by atoms with Crippen LogP contribution >= 0.6 is 0 Å². The van der Waals surface area contributed by atoms with Crippen LogP contribution in [0.1, 0.15) is 16.7 Å². The van der Waals surface area contributed by atoms with E-state index in [-0.39, 0.29) is 16.7 Å². The zero-order chi connectivity index (χ0) is 30.8. The molecule has 6 rings (SSSR count). The first-order chi connectivity index (χ1) is 22.1. The summed E-state index contributed by atoms with van der Waals surface area (Å²) in [6.45, 7) is 1.85. The third-order valence-electron chi connectivity index (χ3n) is 7.13. The van der Waals surface area contributed by atoms with Crippen LogP contribution < -0.4 is 19.6 Å². The maximum absolute atomic E-state index is 13.2. The molecule has 1 N–H and O–H groups in total. The molecule has 0 atom stereocenters. The van der Waals surface area contributed by atoms with Gasteiger partial charge in [0.2, 0.25) is 11.2 Å². The molecule has 6 aromatic rings. The minimum atomic E-state index is -0.542. The van der Waals surface area contributed by atoms with Gasteiger partial charge in [-0.15, -0.1) is 0 Å². The summed E-state index contributed by atoms with van der Waals surface area (Å²) in [4.78, 5) is 13.2. The molecule has 0 aliphatic rings. The molecular formula is C38H32O7. The largest absolute Gasteiger partial charge is 0.502 e. The number of hydrogen-bond donors (Lipinski definition) is 1. The number of aromatic hydroxyl groups is 1. The summed E-state index contributed by atoms with van der Waals surface area (Å²) < 4.78 is 30.0. The van der Waals surface area contributed by atoms with Gasteiger partial charge in [-0.25, -0.2) is 0 Å². The number of ether oxygens (including phenoxy) is 4. The Morgan fingerprint density at radius 1 is 0.578 bits per heavy atom. The molecule has 45 heavy (non-hydrogen) atoms. The van der Waals surface area contributed by atoms with Gasteiger partial charge in [-0.3, -0.25) is 4.79 Å². The first-order valence-corrected chi connectivity index (χ1v) is 14.7. The zero-order valence-corrected chi connectivity index (χ0v) is 24.6. The Bertz CT molecular complexity index is 1900. The van der Waals surface area contributed by atoms with Gasteiger partial charge in [0.1, 0.15) is 31.2 Å². The van der Waals surface area contributed by atoms with Crippen molar-refractivity contribution in [2.24, 2.45) is 0 Å². The zero-order valence-electron chi connectivity index (χ0n) is 24.6. The molecule has 7 nitrogen and oxygen atoms in total. The van der Waals surface area contributed by atoms with Crippen molar-refractivity contribution in [1.82, 2.24) is 0 Å². The van der Waals surface area contributed by atoms with Gasteiger partial charge in [-0.05, 0) is 47.0 Å². The second-order valence-corrected chi connectivity index (χ2v) is 10.4. The number of rotatable bonds is 13. The van der Waals surface area contributed by atoms with Crippen LogP contribution in [0.3, 0.4) is 0 Å². The quantitative estimate of drug-likeness (QED) is 0.135. The summed E-state index contributed by atoms with van der Waals surface area (Å²) in [5, 5.41) is 11.1. The molecule has 0 aliphatic heterocycles. The van der Waals surface area contributed by atoms with Crippen molar-refractivity contribution in [1.29, 1.82) is 0 Å². The van der Waals surface area contributed by atoms with Gasteiger partial charge in [0.15, 0.2) is 17.3 Å². The van der Waals surface area contributed by atoms with Crippen molar-refractivity contribution < 1.29 is 28.5 Å². The van der Waals surface area contributed by atoms with E-state index >= 15 is 0 Å². The maximum atomic E-state index is 13.2. The third-order valence-corrected chi connectivity index (χ3v) is 7.13. The lowest BCUT2D eigenvalue weighted by molar-refractivity contribution is 0.0889. The monoisotopic (exact) mass is 600 g/mol.